The second kappa shape index (κ2) is 7.67. The molecule has 0 aliphatic heterocycles. The number of rotatable bonds is 6. The molecule has 1 fully saturated rings. The number of aryl methyl sites for hydroxylation is 1. The van der Waals surface area contributed by atoms with Crippen LogP contribution >= 0.6 is 11.3 Å². The maximum atomic E-state index is 12.8. The fourth-order valence-corrected chi connectivity index (χ4v) is 4.24. The van der Waals surface area contributed by atoms with Crippen molar-refractivity contribution < 1.29 is 9.90 Å². The first kappa shape index (κ1) is 18.1. The average molecular weight is 359 g/mol. The number of benzene rings is 1. The highest BCUT2D eigenvalue weighted by Crippen LogP contribution is 2.32. The van der Waals surface area contributed by atoms with E-state index < -0.39 is 0 Å². The normalized spacial score (nSPS) is 21.0. The van der Waals surface area contributed by atoms with Gasteiger partial charge in [0.25, 0.3) is 5.91 Å². The van der Waals surface area contributed by atoms with Gasteiger partial charge in [-0.3, -0.25) is 4.79 Å². The number of carbonyl (C=O) groups is 1. The van der Waals surface area contributed by atoms with Crippen LogP contribution in [-0.2, 0) is 6.42 Å². The monoisotopic (exact) mass is 358 g/mol. The molecule has 2 aromatic rings. The Hall–Kier alpha value is -1.72. The van der Waals surface area contributed by atoms with Crippen LogP contribution in [0.15, 0.2) is 30.3 Å². The number of aliphatic hydroxyl groups excluding tert-OH is 1. The maximum Gasteiger partial charge on any atom is 0.263 e. The van der Waals surface area contributed by atoms with Crippen molar-refractivity contribution in [2.24, 2.45) is 5.92 Å². The van der Waals surface area contributed by atoms with Gasteiger partial charge in [-0.15, -0.1) is 11.3 Å². The van der Waals surface area contributed by atoms with Crippen LogP contribution in [0.4, 0.5) is 0 Å². The lowest BCUT2D eigenvalue weighted by molar-refractivity contribution is 0.0239. The van der Waals surface area contributed by atoms with Gasteiger partial charge in [0.15, 0.2) is 0 Å². The highest BCUT2D eigenvalue weighted by atomic mass is 32.1. The average Bonchev–Trinajstić information content (AvgIpc) is 2.94. The van der Waals surface area contributed by atoms with Gasteiger partial charge in [-0.2, -0.15) is 0 Å². The van der Waals surface area contributed by atoms with E-state index in [1.54, 1.807) is 0 Å². The first-order valence-electron chi connectivity index (χ1n) is 8.94. The third-order valence-electron chi connectivity index (χ3n) is 4.85. The predicted octanol–water partition coefficient (Wildman–Crippen LogP) is 3.69. The molecule has 134 valence electrons. The Kier molecular flexibility index (Phi) is 5.54. The van der Waals surface area contributed by atoms with E-state index in [2.05, 4.69) is 36.3 Å². The molecule has 0 bridgehead atoms. The van der Waals surface area contributed by atoms with Gasteiger partial charge in [0.2, 0.25) is 0 Å². The third-order valence-corrected chi connectivity index (χ3v) is 6.30. The van der Waals surface area contributed by atoms with Crippen molar-refractivity contribution in [3.63, 3.8) is 0 Å². The van der Waals surface area contributed by atoms with Crippen LogP contribution in [0.1, 0.15) is 58.5 Å². The summed E-state index contributed by atoms with van der Waals surface area (Å²) in [6.07, 6.45) is 2.09. The number of aliphatic hydroxyl groups is 1. The van der Waals surface area contributed by atoms with Crippen molar-refractivity contribution in [2.75, 3.05) is 0 Å². The molecule has 0 saturated heterocycles. The minimum atomic E-state index is -0.224. The molecule has 1 heterocycles. The molecule has 1 aliphatic rings. The van der Waals surface area contributed by atoms with Gasteiger partial charge >= 0.3 is 0 Å². The van der Waals surface area contributed by atoms with E-state index in [-0.39, 0.29) is 18.1 Å². The smallest absolute Gasteiger partial charge is 0.263 e. The molecule has 1 aromatic heterocycles. The van der Waals surface area contributed by atoms with E-state index in [0.29, 0.717) is 16.7 Å². The van der Waals surface area contributed by atoms with E-state index in [0.717, 1.165) is 30.0 Å². The molecule has 0 radical (unpaired) electrons. The summed E-state index contributed by atoms with van der Waals surface area (Å²) in [5.41, 5.74) is 2.01. The van der Waals surface area contributed by atoms with Crippen LogP contribution in [0.3, 0.4) is 0 Å². The van der Waals surface area contributed by atoms with Crippen molar-refractivity contribution in [3.05, 3.63) is 51.5 Å². The molecule has 1 saturated carbocycles. The summed E-state index contributed by atoms with van der Waals surface area (Å²) in [4.78, 5) is 18.1. The van der Waals surface area contributed by atoms with Crippen molar-refractivity contribution in [1.82, 2.24) is 10.3 Å². The molecule has 3 rings (SSSR count). The van der Waals surface area contributed by atoms with Gasteiger partial charge in [-0.25, -0.2) is 4.98 Å². The highest BCUT2D eigenvalue weighted by Gasteiger charge is 2.35. The standard InChI is InChI=1S/C20H26N2O2S/c1-12(2)20-21-13(3)18(25-20)19(24)22-17(15-10-16(23)11-15)9-14-7-5-4-6-8-14/h4-8,12,15-17,23H,9-11H2,1-3H3,(H,22,24)/t15?,16?,17-/m0/s1. The molecule has 1 atom stereocenters. The van der Waals surface area contributed by atoms with Crippen LogP contribution in [0, 0.1) is 12.8 Å². The van der Waals surface area contributed by atoms with Crippen LogP contribution < -0.4 is 5.32 Å². The van der Waals surface area contributed by atoms with Crippen LogP contribution in [0.25, 0.3) is 0 Å². The lowest BCUT2D eigenvalue weighted by Gasteiger charge is -2.38. The van der Waals surface area contributed by atoms with Crippen LogP contribution in [0.2, 0.25) is 0 Å². The Labute approximate surface area is 153 Å². The second-order valence-corrected chi connectivity index (χ2v) is 8.31. The zero-order valence-electron chi connectivity index (χ0n) is 15.0. The molecule has 1 aromatic carbocycles. The Morgan fingerprint density at radius 1 is 1.32 bits per heavy atom. The zero-order chi connectivity index (χ0) is 18.0. The van der Waals surface area contributed by atoms with Gasteiger partial charge in [0, 0.05) is 12.0 Å². The molecule has 1 amide bonds. The van der Waals surface area contributed by atoms with Crippen molar-refractivity contribution in [2.45, 2.75) is 58.1 Å². The fourth-order valence-electron chi connectivity index (χ4n) is 3.27. The number of thiazole rings is 1. The summed E-state index contributed by atoms with van der Waals surface area (Å²) in [5.74, 6) is 0.619. The van der Waals surface area contributed by atoms with Crippen molar-refractivity contribution in [3.8, 4) is 0 Å². The van der Waals surface area contributed by atoms with Crippen LogP contribution in [-0.4, -0.2) is 28.1 Å². The first-order chi connectivity index (χ1) is 11.9. The topological polar surface area (TPSA) is 62.2 Å². The first-order valence-corrected chi connectivity index (χ1v) is 9.76. The molecule has 25 heavy (non-hydrogen) atoms. The Balaban J connectivity index is 1.74. The maximum absolute atomic E-state index is 12.8. The zero-order valence-corrected chi connectivity index (χ0v) is 15.8. The minimum Gasteiger partial charge on any atom is -0.393 e. The number of amides is 1. The molecular formula is C20H26N2O2S. The van der Waals surface area contributed by atoms with E-state index in [4.69, 9.17) is 0 Å². The Morgan fingerprint density at radius 3 is 2.56 bits per heavy atom. The molecule has 2 N–H and O–H groups in total. The quantitative estimate of drug-likeness (QED) is 0.828. The van der Waals surface area contributed by atoms with Gasteiger partial charge in [0.1, 0.15) is 4.88 Å². The van der Waals surface area contributed by atoms with Gasteiger partial charge in [-0.05, 0) is 37.7 Å². The predicted molar refractivity (Wildman–Crippen MR) is 101 cm³/mol. The van der Waals surface area contributed by atoms with Crippen LogP contribution in [0.5, 0.6) is 0 Å². The molecule has 0 spiro atoms. The van der Waals surface area contributed by atoms with Gasteiger partial charge < -0.3 is 10.4 Å². The van der Waals surface area contributed by atoms with E-state index in [1.807, 2.05) is 25.1 Å². The van der Waals surface area contributed by atoms with Crippen molar-refractivity contribution in [1.29, 1.82) is 0 Å². The minimum absolute atomic E-state index is 0.0378. The molecule has 5 heteroatoms. The third kappa shape index (κ3) is 4.28. The molecule has 4 nitrogen and oxygen atoms in total. The number of hydrogen-bond acceptors (Lipinski definition) is 4. The summed E-state index contributed by atoms with van der Waals surface area (Å²) in [6, 6.07) is 10.3. The summed E-state index contributed by atoms with van der Waals surface area (Å²) >= 11 is 1.49. The summed E-state index contributed by atoms with van der Waals surface area (Å²) < 4.78 is 0. The number of nitrogens with zero attached hydrogens (tertiary/aromatic N) is 1. The van der Waals surface area contributed by atoms with E-state index >= 15 is 0 Å². The lowest BCUT2D eigenvalue weighted by Crippen LogP contribution is -2.48. The summed E-state index contributed by atoms with van der Waals surface area (Å²) in [7, 11) is 0. The number of nitrogens with one attached hydrogen (secondary N) is 1. The molecule has 0 unspecified atom stereocenters. The number of carbonyl (C=O) groups excluding carboxylic acids is 1. The summed E-state index contributed by atoms with van der Waals surface area (Å²) in [5, 5.41) is 13.9. The molecular weight excluding hydrogens is 332 g/mol. The highest BCUT2D eigenvalue weighted by molar-refractivity contribution is 7.13. The number of hydrogen-bond donors (Lipinski definition) is 2. The Bertz CT molecular complexity index is 721. The van der Waals surface area contributed by atoms with E-state index in [9.17, 15) is 9.90 Å². The lowest BCUT2D eigenvalue weighted by atomic mass is 9.75. The van der Waals surface area contributed by atoms with Crippen molar-refractivity contribution >= 4 is 17.2 Å². The molecule has 1 aliphatic carbocycles. The Morgan fingerprint density at radius 2 is 2.00 bits per heavy atom. The summed E-state index contributed by atoms with van der Waals surface area (Å²) in [6.45, 7) is 6.08. The SMILES string of the molecule is Cc1nc(C(C)C)sc1C(=O)N[C@@H](Cc1ccccc1)C1CC(O)C1. The van der Waals surface area contributed by atoms with Gasteiger partial charge in [0.05, 0.1) is 16.8 Å². The fraction of sp³-hybridized carbons (Fsp3) is 0.500. The van der Waals surface area contributed by atoms with Gasteiger partial charge in [-0.1, -0.05) is 44.2 Å². The number of aromatic nitrogens is 1. The van der Waals surface area contributed by atoms with E-state index in [1.165, 1.54) is 16.9 Å². The second-order valence-electron chi connectivity index (χ2n) is 7.28. The largest absolute Gasteiger partial charge is 0.393 e.